The molecule has 0 spiro atoms. The van der Waals surface area contributed by atoms with Crippen LogP contribution < -0.4 is 0 Å². The number of aliphatic hydroxyl groups is 1. The van der Waals surface area contributed by atoms with Crippen LogP contribution in [0, 0.1) is 13.8 Å². The monoisotopic (exact) mass is 291 g/mol. The molecule has 3 heteroatoms. The predicted molar refractivity (Wildman–Crippen MR) is 71.9 cm³/mol. The van der Waals surface area contributed by atoms with E-state index >= 15 is 0 Å². The molecular formula is C14H14BrNO. The Hall–Kier alpha value is -1.19. The Bertz CT molecular complexity index is 502. The van der Waals surface area contributed by atoms with Gasteiger partial charge in [-0.2, -0.15) is 0 Å². The molecule has 1 aromatic heterocycles. The normalized spacial score (nSPS) is 12.5. The van der Waals surface area contributed by atoms with Gasteiger partial charge in [0.05, 0.1) is 0 Å². The van der Waals surface area contributed by atoms with Gasteiger partial charge in [-0.1, -0.05) is 34.1 Å². The third kappa shape index (κ3) is 2.56. The third-order valence-electron chi connectivity index (χ3n) is 2.77. The minimum atomic E-state index is -0.616. The van der Waals surface area contributed by atoms with Gasteiger partial charge in [0.1, 0.15) is 6.10 Å². The maximum Gasteiger partial charge on any atom is 0.106 e. The lowest BCUT2D eigenvalue weighted by molar-refractivity contribution is 0.219. The van der Waals surface area contributed by atoms with Gasteiger partial charge in [-0.15, -0.1) is 0 Å². The minimum absolute atomic E-state index is 0.616. The average molecular weight is 292 g/mol. The highest BCUT2D eigenvalue weighted by Crippen LogP contribution is 2.28. The molecule has 2 rings (SSSR count). The number of nitrogens with zero attached hydrogens (tertiary/aromatic N) is 1. The van der Waals surface area contributed by atoms with Crippen LogP contribution in [0.2, 0.25) is 0 Å². The first-order valence-electron chi connectivity index (χ1n) is 5.44. The number of hydrogen-bond acceptors (Lipinski definition) is 2. The minimum Gasteiger partial charge on any atom is -0.384 e. The number of aromatic nitrogens is 1. The van der Waals surface area contributed by atoms with Gasteiger partial charge in [-0.3, -0.25) is 4.98 Å². The first-order valence-corrected chi connectivity index (χ1v) is 6.23. The summed E-state index contributed by atoms with van der Waals surface area (Å²) in [6.45, 7) is 4.05. The van der Waals surface area contributed by atoms with Crippen LogP contribution in [0.25, 0.3) is 0 Å². The lowest BCUT2D eigenvalue weighted by Crippen LogP contribution is -2.01. The Labute approximate surface area is 109 Å². The van der Waals surface area contributed by atoms with E-state index in [1.54, 1.807) is 12.4 Å². The highest BCUT2D eigenvalue weighted by atomic mass is 79.9. The number of halogens is 1. The Balaban J connectivity index is 2.41. The highest BCUT2D eigenvalue weighted by molar-refractivity contribution is 9.10. The number of benzene rings is 1. The van der Waals surface area contributed by atoms with E-state index in [4.69, 9.17) is 0 Å². The third-order valence-corrected chi connectivity index (χ3v) is 4.03. The molecule has 1 unspecified atom stereocenters. The van der Waals surface area contributed by atoms with Crippen LogP contribution >= 0.6 is 15.9 Å². The maximum absolute atomic E-state index is 10.3. The predicted octanol–water partition coefficient (Wildman–Crippen LogP) is 3.54. The van der Waals surface area contributed by atoms with Crippen LogP contribution in [0.3, 0.4) is 0 Å². The SMILES string of the molecule is Cc1cc(C(O)c2cccnc2)cc(C)c1Br. The standard InChI is InChI=1S/C14H14BrNO/c1-9-6-12(7-10(2)13(9)15)14(17)11-4-3-5-16-8-11/h3-8,14,17H,1-2H3. The van der Waals surface area contributed by atoms with Gasteiger partial charge >= 0.3 is 0 Å². The summed E-state index contributed by atoms with van der Waals surface area (Å²) in [7, 11) is 0. The van der Waals surface area contributed by atoms with E-state index in [-0.39, 0.29) is 0 Å². The molecule has 0 fully saturated rings. The van der Waals surface area contributed by atoms with Crippen LogP contribution in [-0.4, -0.2) is 10.1 Å². The summed E-state index contributed by atoms with van der Waals surface area (Å²) in [5, 5.41) is 10.3. The van der Waals surface area contributed by atoms with Crippen molar-refractivity contribution in [3.05, 3.63) is 63.4 Å². The molecule has 0 aliphatic rings. The zero-order valence-electron chi connectivity index (χ0n) is 9.81. The fourth-order valence-electron chi connectivity index (χ4n) is 1.87. The van der Waals surface area contributed by atoms with Crippen LogP contribution in [0.4, 0.5) is 0 Å². The first-order chi connectivity index (χ1) is 8.09. The molecule has 1 heterocycles. The maximum atomic E-state index is 10.3. The Morgan fingerprint density at radius 1 is 1.18 bits per heavy atom. The summed E-state index contributed by atoms with van der Waals surface area (Å²) in [4.78, 5) is 4.02. The quantitative estimate of drug-likeness (QED) is 0.918. The van der Waals surface area contributed by atoms with Crippen LogP contribution in [0.15, 0.2) is 41.1 Å². The molecule has 2 aromatic rings. The van der Waals surface area contributed by atoms with Crippen molar-refractivity contribution in [2.24, 2.45) is 0 Å². The van der Waals surface area contributed by atoms with E-state index in [0.29, 0.717) is 0 Å². The molecule has 0 bridgehead atoms. The molecule has 1 atom stereocenters. The summed E-state index contributed by atoms with van der Waals surface area (Å²) >= 11 is 3.52. The van der Waals surface area contributed by atoms with Crippen molar-refractivity contribution in [2.45, 2.75) is 20.0 Å². The van der Waals surface area contributed by atoms with Gasteiger partial charge in [-0.05, 0) is 36.6 Å². The zero-order chi connectivity index (χ0) is 12.4. The summed E-state index contributed by atoms with van der Waals surface area (Å²) < 4.78 is 1.10. The van der Waals surface area contributed by atoms with Crippen molar-refractivity contribution >= 4 is 15.9 Å². The van der Waals surface area contributed by atoms with Crippen LogP contribution in [0.5, 0.6) is 0 Å². The molecule has 1 aromatic carbocycles. The van der Waals surface area contributed by atoms with E-state index in [2.05, 4.69) is 20.9 Å². The number of pyridine rings is 1. The lowest BCUT2D eigenvalue weighted by Gasteiger charge is -2.14. The molecule has 17 heavy (non-hydrogen) atoms. The molecule has 0 radical (unpaired) electrons. The lowest BCUT2D eigenvalue weighted by atomic mass is 9.99. The summed E-state index contributed by atoms with van der Waals surface area (Å²) in [6, 6.07) is 7.70. The van der Waals surface area contributed by atoms with E-state index in [1.807, 2.05) is 38.1 Å². The average Bonchev–Trinajstić information content (AvgIpc) is 2.35. The van der Waals surface area contributed by atoms with Crippen molar-refractivity contribution in [1.82, 2.24) is 4.98 Å². The topological polar surface area (TPSA) is 33.1 Å². The molecule has 1 N–H and O–H groups in total. The number of aryl methyl sites for hydroxylation is 2. The molecular weight excluding hydrogens is 278 g/mol. The second-order valence-corrected chi connectivity index (χ2v) is 4.95. The summed E-state index contributed by atoms with van der Waals surface area (Å²) in [5.74, 6) is 0. The Morgan fingerprint density at radius 2 is 1.82 bits per heavy atom. The van der Waals surface area contributed by atoms with E-state index in [1.165, 1.54) is 0 Å². The van der Waals surface area contributed by atoms with Gasteiger partial charge in [-0.25, -0.2) is 0 Å². The second kappa shape index (κ2) is 4.98. The second-order valence-electron chi connectivity index (χ2n) is 4.16. The molecule has 0 saturated heterocycles. The van der Waals surface area contributed by atoms with Crippen molar-refractivity contribution in [1.29, 1.82) is 0 Å². The smallest absolute Gasteiger partial charge is 0.106 e. The Morgan fingerprint density at radius 3 is 2.35 bits per heavy atom. The Kier molecular flexibility index (Phi) is 3.60. The number of hydrogen-bond donors (Lipinski definition) is 1. The highest BCUT2D eigenvalue weighted by Gasteiger charge is 2.12. The zero-order valence-corrected chi connectivity index (χ0v) is 11.4. The molecule has 88 valence electrons. The van der Waals surface area contributed by atoms with Crippen molar-refractivity contribution in [3.63, 3.8) is 0 Å². The number of rotatable bonds is 2. The van der Waals surface area contributed by atoms with Gasteiger partial charge in [0.2, 0.25) is 0 Å². The van der Waals surface area contributed by atoms with Gasteiger partial charge in [0.15, 0.2) is 0 Å². The van der Waals surface area contributed by atoms with Gasteiger partial charge < -0.3 is 5.11 Å². The van der Waals surface area contributed by atoms with Gasteiger partial charge in [0.25, 0.3) is 0 Å². The first kappa shape index (κ1) is 12.3. The molecule has 0 aliphatic heterocycles. The largest absolute Gasteiger partial charge is 0.384 e. The van der Waals surface area contributed by atoms with Crippen molar-refractivity contribution < 1.29 is 5.11 Å². The van der Waals surface area contributed by atoms with Crippen molar-refractivity contribution in [2.75, 3.05) is 0 Å². The van der Waals surface area contributed by atoms with E-state index < -0.39 is 6.10 Å². The van der Waals surface area contributed by atoms with E-state index in [0.717, 1.165) is 26.7 Å². The van der Waals surface area contributed by atoms with Crippen molar-refractivity contribution in [3.8, 4) is 0 Å². The van der Waals surface area contributed by atoms with Crippen LogP contribution in [-0.2, 0) is 0 Å². The van der Waals surface area contributed by atoms with Crippen LogP contribution in [0.1, 0.15) is 28.4 Å². The fraction of sp³-hybridized carbons (Fsp3) is 0.214. The molecule has 0 aliphatic carbocycles. The summed E-state index contributed by atoms with van der Waals surface area (Å²) in [6.07, 6.45) is 2.78. The number of aliphatic hydroxyl groups excluding tert-OH is 1. The van der Waals surface area contributed by atoms with Gasteiger partial charge in [0, 0.05) is 22.4 Å². The van der Waals surface area contributed by atoms with E-state index in [9.17, 15) is 5.11 Å². The fourth-order valence-corrected chi connectivity index (χ4v) is 2.10. The molecule has 2 nitrogen and oxygen atoms in total. The molecule has 0 amide bonds. The molecule has 0 saturated carbocycles. The summed E-state index contributed by atoms with van der Waals surface area (Å²) in [5.41, 5.74) is 3.97.